The van der Waals surface area contributed by atoms with Crippen LogP contribution in [0.15, 0.2) is 28.5 Å². The molecule has 20 heavy (non-hydrogen) atoms. The number of thiazole rings is 1. The molecule has 2 rings (SSSR count). The fourth-order valence-electron chi connectivity index (χ4n) is 1.62. The minimum atomic E-state index is -3.67. The predicted molar refractivity (Wildman–Crippen MR) is 78.3 cm³/mol. The Balaban J connectivity index is 2.18. The van der Waals surface area contributed by atoms with Gasteiger partial charge in [0.1, 0.15) is 15.7 Å². The van der Waals surface area contributed by atoms with E-state index in [1.807, 2.05) is 12.3 Å². The van der Waals surface area contributed by atoms with Gasteiger partial charge in [0.2, 0.25) is 10.0 Å². The number of nitrogens with two attached hydrogens (primary N) is 1. The summed E-state index contributed by atoms with van der Waals surface area (Å²) in [4.78, 5) is 4.23. The monoisotopic (exact) mass is 313 g/mol. The Morgan fingerprint density at radius 2 is 2.20 bits per heavy atom. The highest BCUT2D eigenvalue weighted by atomic mass is 32.2. The van der Waals surface area contributed by atoms with Crippen molar-refractivity contribution in [1.82, 2.24) is 9.71 Å². The lowest BCUT2D eigenvalue weighted by Gasteiger charge is -2.09. The van der Waals surface area contributed by atoms with Crippen molar-refractivity contribution in [1.29, 1.82) is 0 Å². The van der Waals surface area contributed by atoms with Gasteiger partial charge in [0.15, 0.2) is 0 Å². The van der Waals surface area contributed by atoms with Crippen molar-refractivity contribution in [2.45, 2.75) is 18.4 Å². The normalized spacial score (nSPS) is 11.5. The third kappa shape index (κ3) is 3.27. The van der Waals surface area contributed by atoms with E-state index in [0.717, 1.165) is 5.69 Å². The molecule has 0 fully saturated rings. The maximum absolute atomic E-state index is 12.2. The van der Waals surface area contributed by atoms with Crippen LogP contribution in [0.3, 0.4) is 0 Å². The summed E-state index contributed by atoms with van der Waals surface area (Å²) in [5, 5.41) is 2.57. The highest BCUT2D eigenvalue weighted by Gasteiger charge is 2.18. The summed E-state index contributed by atoms with van der Waals surface area (Å²) < 4.78 is 31.8. The third-order valence-corrected chi connectivity index (χ3v) is 5.03. The van der Waals surface area contributed by atoms with Crippen LogP contribution in [0.1, 0.15) is 10.7 Å². The number of nitrogens with zero attached hydrogens (tertiary/aromatic N) is 1. The van der Waals surface area contributed by atoms with E-state index in [2.05, 4.69) is 9.71 Å². The number of ether oxygens (including phenoxy) is 1. The second kappa shape index (κ2) is 5.78. The number of aromatic nitrogens is 1. The molecule has 0 saturated carbocycles. The fourth-order valence-corrected chi connectivity index (χ4v) is 3.52. The first-order valence-electron chi connectivity index (χ1n) is 5.76. The van der Waals surface area contributed by atoms with Gasteiger partial charge >= 0.3 is 0 Å². The maximum Gasteiger partial charge on any atom is 0.243 e. The minimum Gasteiger partial charge on any atom is -0.497 e. The number of nitrogens with one attached hydrogen (secondary N) is 1. The Morgan fingerprint density at radius 1 is 1.45 bits per heavy atom. The van der Waals surface area contributed by atoms with Crippen LogP contribution in [0.4, 0.5) is 5.69 Å². The van der Waals surface area contributed by atoms with Crippen LogP contribution in [0.2, 0.25) is 0 Å². The Morgan fingerprint density at radius 3 is 2.75 bits per heavy atom. The van der Waals surface area contributed by atoms with Crippen molar-refractivity contribution >= 4 is 27.0 Å². The zero-order valence-electron chi connectivity index (χ0n) is 11.1. The Kier molecular flexibility index (Phi) is 4.26. The van der Waals surface area contributed by atoms with Crippen LogP contribution >= 0.6 is 11.3 Å². The van der Waals surface area contributed by atoms with Crippen molar-refractivity contribution < 1.29 is 13.2 Å². The molecular weight excluding hydrogens is 298 g/mol. The number of anilines is 1. The zero-order valence-corrected chi connectivity index (χ0v) is 12.7. The minimum absolute atomic E-state index is 0.0339. The molecule has 0 aliphatic carbocycles. The first-order chi connectivity index (χ1) is 9.42. The molecule has 0 bridgehead atoms. The van der Waals surface area contributed by atoms with Gasteiger partial charge in [-0.2, -0.15) is 0 Å². The van der Waals surface area contributed by atoms with Crippen molar-refractivity contribution in [2.75, 3.05) is 12.8 Å². The van der Waals surface area contributed by atoms with Crippen LogP contribution in [-0.2, 0) is 16.6 Å². The van der Waals surface area contributed by atoms with Crippen LogP contribution in [0.5, 0.6) is 5.75 Å². The number of benzene rings is 1. The number of nitrogen functional groups attached to an aromatic ring is 1. The molecule has 8 heteroatoms. The Bertz CT molecular complexity index is 710. The molecule has 0 aliphatic rings. The molecule has 1 aromatic carbocycles. The molecule has 0 spiro atoms. The molecule has 0 unspecified atom stereocenters. The van der Waals surface area contributed by atoms with Gasteiger partial charge in [-0.15, -0.1) is 11.3 Å². The SMILES string of the molecule is COc1ccc(S(=O)(=O)NCc2nc(C)cs2)c(N)c1. The topological polar surface area (TPSA) is 94.3 Å². The first-order valence-corrected chi connectivity index (χ1v) is 8.13. The van der Waals surface area contributed by atoms with Crippen LogP contribution in [-0.4, -0.2) is 20.5 Å². The van der Waals surface area contributed by atoms with Crippen LogP contribution < -0.4 is 15.2 Å². The molecule has 108 valence electrons. The summed E-state index contributed by atoms with van der Waals surface area (Å²) in [6, 6.07) is 4.45. The van der Waals surface area contributed by atoms with E-state index >= 15 is 0 Å². The number of sulfonamides is 1. The largest absolute Gasteiger partial charge is 0.497 e. The van der Waals surface area contributed by atoms with Gasteiger partial charge in [0, 0.05) is 17.1 Å². The molecule has 6 nitrogen and oxygen atoms in total. The van der Waals surface area contributed by atoms with Gasteiger partial charge in [-0.3, -0.25) is 0 Å². The van der Waals surface area contributed by atoms with Crippen molar-refractivity contribution in [3.05, 3.63) is 34.3 Å². The van der Waals surface area contributed by atoms with E-state index in [9.17, 15) is 8.42 Å². The standard InChI is InChI=1S/C12H15N3O3S2/c1-8-7-19-12(15-8)6-14-20(16,17)11-4-3-9(18-2)5-10(11)13/h3-5,7,14H,6,13H2,1-2H3. The van der Waals surface area contributed by atoms with E-state index < -0.39 is 10.0 Å². The average molecular weight is 313 g/mol. The average Bonchev–Trinajstić information content (AvgIpc) is 2.82. The molecule has 1 heterocycles. The highest BCUT2D eigenvalue weighted by molar-refractivity contribution is 7.89. The van der Waals surface area contributed by atoms with Gasteiger partial charge < -0.3 is 10.5 Å². The van der Waals surface area contributed by atoms with Gasteiger partial charge in [-0.05, 0) is 19.1 Å². The van der Waals surface area contributed by atoms with Crippen LogP contribution in [0, 0.1) is 6.92 Å². The molecular formula is C12H15N3O3S2. The van der Waals surface area contributed by atoms with Gasteiger partial charge in [-0.1, -0.05) is 0 Å². The summed E-state index contributed by atoms with van der Waals surface area (Å²) in [6.07, 6.45) is 0. The zero-order chi connectivity index (χ0) is 14.8. The molecule has 1 aromatic heterocycles. The Hall–Kier alpha value is -1.64. The third-order valence-electron chi connectivity index (χ3n) is 2.59. The molecule has 2 aromatic rings. The number of aryl methyl sites for hydroxylation is 1. The summed E-state index contributed by atoms with van der Waals surface area (Å²) in [5.74, 6) is 0.511. The van der Waals surface area contributed by atoms with E-state index in [1.165, 1.54) is 30.6 Å². The number of hydrogen-bond acceptors (Lipinski definition) is 6. The number of hydrogen-bond donors (Lipinski definition) is 2. The molecule has 0 atom stereocenters. The van der Waals surface area contributed by atoms with Gasteiger partial charge in [-0.25, -0.2) is 18.1 Å². The van der Waals surface area contributed by atoms with Crippen LogP contribution in [0.25, 0.3) is 0 Å². The smallest absolute Gasteiger partial charge is 0.243 e. The summed E-state index contributed by atoms with van der Waals surface area (Å²) in [6.45, 7) is 2.00. The predicted octanol–water partition coefficient (Wildman–Crippen LogP) is 1.52. The fraction of sp³-hybridized carbons (Fsp3) is 0.250. The second-order valence-corrected chi connectivity index (χ2v) is 6.79. The molecule has 0 amide bonds. The van der Waals surface area contributed by atoms with E-state index in [1.54, 1.807) is 6.07 Å². The van der Waals surface area contributed by atoms with Gasteiger partial charge in [0.25, 0.3) is 0 Å². The number of rotatable bonds is 5. The number of methoxy groups -OCH3 is 1. The summed E-state index contributed by atoms with van der Waals surface area (Å²) in [7, 11) is -2.18. The van der Waals surface area contributed by atoms with Gasteiger partial charge in [0.05, 0.1) is 19.3 Å². The molecule has 0 aliphatic heterocycles. The summed E-state index contributed by atoms with van der Waals surface area (Å²) >= 11 is 1.41. The summed E-state index contributed by atoms with van der Waals surface area (Å²) in [5.41, 5.74) is 6.76. The van der Waals surface area contributed by atoms with E-state index in [-0.39, 0.29) is 17.1 Å². The lowest BCUT2D eigenvalue weighted by Crippen LogP contribution is -2.24. The Labute approximate surface area is 121 Å². The van der Waals surface area contributed by atoms with Crippen molar-refractivity contribution in [2.24, 2.45) is 0 Å². The molecule has 3 N–H and O–H groups in total. The lowest BCUT2D eigenvalue weighted by molar-refractivity contribution is 0.414. The lowest BCUT2D eigenvalue weighted by atomic mass is 10.3. The highest BCUT2D eigenvalue weighted by Crippen LogP contribution is 2.23. The maximum atomic E-state index is 12.2. The van der Waals surface area contributed by atoms with Crippen molar-refractivity contribution in [3.63, 3.8) is 0 Å². The molecule has 0 saturated heterocycles. The first kappa shape index (κ1) is 14.8. The van der Waals surface area contributed by atoms with E-state index in [0.29, 0.717) is 10.8 Å². The second-order valence-electron chi connectivity index (χ2n) is 4.11. The molecule has 0 radical (unpaired) electrons. The van der Waals surface area contributed by atoms with Crippen molar-refractivity contribution in [3.8, 4) is 5.75 Å². The quantitative estimate of drug-likeness (QED) is 0.816. The van der Waals surface area contributed by atoms with E-state index in [4.69, 9.17) is 10.5 Å².